The van der Waals surface area contributed by atoms with Crippen LogP contribution in [-0.2, 0) is 27.4 Å². The standard InChI is InChI=1S/C31H30F3N5O3/c32-31(33,34)39(19-9-11-35-15-19)16-20-10-12-37-17-23(21-5-1-3-7-25(21)37)27-28(30(41)36-29(27)40)24-18-38(13-14-42-20)26-8-4-2-6-22(24)26/h1-8,17-20,35H,9-16H2,(H,36,40,41). The van der Waals surface area contributed by atoms with Gasteiger partial charge in [-0.1, -0.05) is 36.4 Å². The molecule has 218 valence electrons. The van der Waals surface area contributed by atoms with Gasteiger partial charge in [-0.15, -0.1) is 0 Å². The number of halogens is 3. The van der Waals surface area contributed by atoms with Crippen LogP contribution in [0.25, 0.3) is 33.0 Å². The summed E-state index contributed by atoms with van der Waals surface area (Å²) >= 11 is 0. The number of alkyl halides is 3. The highest BCUT2D eigenvalue weighted by atomic mass is 19.4. The van der Waals surface area contributed by atoms with Gasteiger partial charge in [-0.05, 0) is 31.5 Å². The first-order valence-corrected chi connectivity index (χ1v) is 14.2. The first kappa shape index (κ1) is 26.9. The molecular weight excluding hydrogens is 547 g/mol. The highest BCUT2D eigenvalue weighted by Crippen LogP contribution is 2.39. The monoisotopic (exact) mass is 577 g/mol. The summed E-state index contributed by atoms with van der Waals surface area (Å²) < 4.78 is 52.8. The maximum absolute atomic E-state index is 14.2. The van der Waals surface area contributed by atoms with Gasteiger partial charge in [0.15, 0.2) is 0 Å². The van der Waals surface area contributed by atoms with E-state index in [1.54, 1.807) is 0 Å². The quantitative estimate of drug-likeness (QED) is 0.283. The van der Waals surface area contributed by atoms with Crippen LogP contribution in [0.4, 0.5) is 13.2 Å². The van der Waals surface area contributed by atoms with Gasteiger partial charge < -0.3 is 19.2 Å². The summed E-state index contributed by atoms with van der Waals surface area (Å²) in [6.45, 7) is 1.51. The summed E-state index contributed by atoms with van der Waals surface area (Å²) in [5.41, 5.74) is 3.54. The van der Waals surface area contributed by atoms with E-state index in [1.165, 1.54) is 0 Å². The van der Waals surface area contributed by atoms with Crippen LogP contribution in [0, 0.1) is 0 Å². The predicted molar refractivity (Wildman–Crippen MR) is 152 cm³/mol. The fraction of sp³-hybridized carbons (Fsp3) is 0.355. The first-order valence-electron chi connectivity index (χ1n) is 14.2. The molecule has 0 aliphatic carbocycles. The Morgan fingerprint density at radius 2 is 1.45 bits per heavy atom. The van der Waals surface area contributed by atoms with Crippen molar-refractivity contribution >= 4 is 44.8 Å². The Kier molecular flexibility index (Phi) is 6.68. The molecule has 1 saturated heterocycles. The molecule has 2 atom stereocenters. The van der Waals surface area contributed by atoms with Crippen molar-refractivity contribution in [1.82, 2.24) is 24.7 Å². The van der Waals surface area contributed by atoms with Crippen LogP contribution in [0.3, 0.4) is 0 Å². The molecule has 2 unspecified atom stereocenters. The Labute approximate surface area is 239 Å². The lowest BCUT2D eigenvalue weighted by molar-refractivity contribution is -0.263. The number of hydrogen-bond donors (Lipinski definition) is 2. The van der Waals surface area contributed by atoms with Gasteiger partial charge >= 0.3 is 6.30 Å². The van der Waals surface area contributed by atoms with E-state index in [1.807, 2.05) is 70.1 Å². The van der Waals surface area contributed by atoms with Gasteiger partial charge in [-0.25, -0.2) is 4.90 Å². The van der Waals surface area contributed by atoms with Gasteiger partial charge in [0.05, 0.1) is 23.9 Å². The van der Waals surface area contributed by atoms with Crippen molar-refractivity contribution < 1.29 is 27.5 Å². The largest absolute Gasteiger partial charge is 0.460 e. The minimum absolute atomic E-state index is 0.187. The van der Waals surface area contributed by atoms with E-state index in [0.29, 0.717) is 59.6 Å². The summed E-state index contributed by atoms with van der Waals surface area (Å²) in [5.74, 6) is -0.916. The molecule has 11 heteroatoms. The Morgan fingerprint density at radius 3 is 2.02 bits per heavy atom. The van der Waals surface area contributed by atoms with E-state index in [4.69, 9.17) is 4.74 Å². The van der Waals surface area contributed by atoms with Crippen LogP contribution in [0.5, 0.6) is 0 Å². The number of nitrogens with zero attached hydrogens (tertiary/aromatic N) is 3. The third kappa shape index (κ3) is 4.61. The molecule has 3 aliphatic rings. The number of amides is 2. The highest BCUT2D eigenvalue weighted by Gasteiger charge is 2.44. The van der Waals surface area contributed by atoms with E-state index >= 15 is 0 Å². The summed E-state index contributed by atoms with van der Waals surface area (Å²) in [7, 11) is 0. The van der Waals surface area contributed by atoms with Gasteiger partial charge in [0.25, 0.3) is 11.8 Å². The number of para-hydroxylation sites is 2. The lowest BCUT2D eigenvalue weighted by Gasteiger charge is -2.33. The van der Waals surface area contributed by atoms with Crippen molar-refractivity contribution in [3.05, 3.63) is 72.1 Å². The molecule has 2 aromatic heterocycles. The molecule has 4 aromatic rings. The number of ether oxygens (including phenoxy) is 1. The van der Waals surface area contributed by atoms with Crippen molar-refractivity contribution in [1.29, 1.82) is 0 Å². The van der Waals surface area contributed by atoms with Crippen LogP contribution >= 0.6 is 0 Å². The fourth-order valence-corrected chi connectivity index (χ4v) is 6.64. The second-order valence-electron chi connectivity index (χ2n) is 11.1. The SMILES string of the molecule is O=C1NC(=O)C2=C1c1cn(c3ccccc13)CCOC(CN(C1CCNC1)C(F)(F)F)CCn1cc2c2ccccc21. The van der Waals surface area contributed by atoms with Crippen molar-refractivity contribution in [2.45, 2.75) is 44.4 Å². The maximum atomic E-state index is 14.2. The number of fused-ring (bicyclic) bond motifs is 12. The van der Waals surface area contributed by atoms with Gasteiger partial charge in [0, 0.05) is 77.5 Å². The number of nitrogens with one attached hydrogen (secondary N) is 2. The van der Waals surface area contributed by atoms with E-state index in [0.717, 1.165) is 21.8 Å². The van der Waals surface area contributed by atoms with Gasteiger partial charge in [0.2, 0.25) is 0 Å². The lowest BCUT2D eigenvalue weighted by Crippen LogP contribution is -2.50. The summed E-state index contributed by atoms with van der Waals surface area (Å²) in [5, 5.41) is 7.14. The average Bonchev–Trinajstić information content (AvgIpc) is 3.74. The number of aryl methyl sites for hydroxylation is 1. The third-order valence-corrected chi connectivity index (χ3v) is 8.63. The Balaban J connectivity index is 1.36. The molecule has 0 spiro atoms. The second-order valence-corrected chi connectivity index (χ2v) is 11.1. The number of aromatic nitrogens is 2. The van der Waals surface area contributed by atoms with Crippen LogP contribution in [0.2, 0.25) is 0 Å². The smallest absolute Gasteiger partial charge is 0.375 e. The first-order chi connectivity index (χ1) is 20.3. The third-order valence-electron chi connectivity index (χ3n) is 8.63. The number of hydrogen-bond acceptors (Lipinski definition) is 5. The van der Waals surface area contributed by atoms with Gasteiger partial charge in [-0.3, -0.25) is 14.9 Å². The zero-order chi connectivity index (χ0) is 29.0. The van der Waals surface area contributed by atoms with Crippen molar-refractivity contribution in [2.24, 2.45) is 0 Å². The Hall–Kier alpha value is -3.93. The highest BCUT2D eigenvalue weighted by molar-refractivity contribution is 6.50. The molecule has 2 aromatic carbocycles. The van der Waals surface area contributed by atoms with Gasteiger partial charge in [-0.2, -0.15) is 13.2 Å². The van der Waals surface area contributed by atoms with E-state index in [-0.39, 0.29) is 19.7 Å². The molecule has 0 saturated carbocycles. The summed E-state index contributed by atoms with van der Waals surface area (Å²) in [4.78, 5) is 27.2. The number of imide groups is 1. The molecule has 0 radical (unpaired) electrons. The molecule has 1 fully saturated rings. The zero-order valence-corrected chi connectivity index (χ0v) is 22.8. The molecule has 8 nitrogen and oxygen atoms in total. The van der Waals surface area contributed by atoms with Crippen molar-refractivity contribution in [3.8, 4) is 0 Å². The van der Waals surface area contributed by atoms with Gasteiger partial charge in [0.1, 0.15) is 0 Å². The molecule has 42 heavy (non-hydrogen) atoms. The second kappa shape index (κ2) is 10.4. The molecule has 4 bridgehead atoms. The minimum Gasteiger partial charge on any atom is -0.375 e. The van der Waals surface area contributed by atoms with Crippen LogP contribution < -0.4 is 10.6 Å². The normalized spacial score (nSPS) is 21.8. The zero-order valence-electron chi connectivity index (χ0n) is 22.8. The maximum Gasteiger partial charge on any atom is 0.460 e. The lowest BCUT2D eigenvalue weighted by atomic mass is 9.95. The molecule has 3 aliphatic heterocycles. The topological polar surface area (TPSA) is 80.5 Å². The van der Waals surface area contributed by atoms with Crippen molar-refractivity contribution in [3.63, 3.8) is 0 Å². The average molecular weight is 578 g/mol. The number of carbonyl (C=O) groups excluding carboxylic acids is 2. The number of benzene rings is 2. The van der Waals surface area contributed by atoms with E-state index < -0.39 is 30.3 Å². The van der Waals surface area contributed by atoms with Crippen LogP contribution in [-0.4, -0.2) is 70.5 Å². The summed E-state index contributed by atoms with van der Waals surface area (Å²) in [6.07, 6.45) is -0.736. The molecule has 2 amide bonds. The number of rotatable bonds is 3. The Morgan fingerprint density at radius 1 is 0.857 bits per heavy atom. The minimum atomic E-state index is -4.48. The van der Waals surface area contributed by atoms with E-state index in [9.17, 15) is 22.8 Å². The fourth-order valence-electron chi connectivity index (χ4n) is 6.64. The summed E-state index contributed by atoms with van der Waals surface area (Å²) in [6, 6.07) is 14.5. The van der Waals surface area contributed by atoms with Crippen molar-refractivity contribution in [2.75, 3.05) is 26.2 Å². The predicted octanol–water partition coefficient (Wildman–Crippen LogP) is 4.14. The molecular formula is C31H30F3N5O3. The molecule has 5 heterocycles. The molecule has 7 rings (SSSR count). The van der Waals surface area contributed by atoms with Crippen LogP contribution in [0.1, 0.15) is 24.0 Å². The van der Waals surface area contributed by atoms with Crippen LogP contribution in [0.15, 0.2) is 60.9 Å². The molecule has 2 N–H and O–H groups in total. The Bertz CT molecular complexity index is 1730. The van der Waals surface area contributed by atoms with E-state index in [2.05, 4.69) is 10.6 Å². The number of carbonyl (C=O) groups is 2.